The standard InChI is InChI=1S/C41H36Cl2N8O5.C2H5N/c1-3-6-33(38(53)46-23-52)51-39(54)28-9-4-7-25(36(28)40(51)55)8-5-14-49-19-41(20-49)21-50(22-41)34-13-10-26(16-45-34)37-29-15-27(11-12-32(29)47-48-37)56-24(2)35-30(42)17-44-18-31(35)43;1-2-3/h4,7,9-13,15-18,23-24,33H,3,6,14,19-22H2,1-2H3,(H,47,48)(H,46,52,53);2H,1,3H2/t24-,33?;/m1./s1. The molecule has 302 valence electrons. The Hall–Kier alpha value is -6.27. The van der Waals surface area contributed by atoms with Crippen LogP contribution in [0.1, 0.15) is 64.6 Å². The van der Waals surface area contributed by atoms with Crippen LogP contribution in [0.15, 0.2) is 79.9 Å². The van der Waals surface area contributed by atoms with Crippen molar-refractivity contribution in [2.45, 2.75) is 38.8 Å². The zero-order valence-corrected chi connectivity index (χ0v) is 33.9. The third-order valence-corrected chi connectivity index (χ3v) is 11.1. The first kappa shape index (κ1) is 40.9. The van der Waals surface area contributed by atoms with Crippen molar-refractivity contribution in [1.29, 1.82) is 0 Å². The van der Waals surface area contributed by atoms with E-state index in [1.807, 2.05) is 50.4 Å². The molecule has 0 aliphatic carbocycles. The normalized spacial score (nSPS) is 16.1. The molecule has 2 atom stereocenters. The SMILES string of the molecule is C=CN.CCCC(C(=O)NC=O)N1C(=O)c2cccc(C#CCN3CC4(C3)CN(c3ccc(-c5n[nH]c6ccc(O[C@H](C)c7c(Cl)cncc7Cl)cc56)cn3)C4)c2C1=O. The molecule has 3 aromatic heterocycles. The number of fused-ring (bicyclic) bond motifs is 2. The van der Waals surface area contributed by atoms with Gasteiger partial charge in [-0.05, 0) is 62.0 Å². The Balaban J connectivity index is 0.00000171. The van der Waals surface area contributed by atoms with Gasteiger partial charge < -0.3 is 15.4 Å². The zero-order valence-electron chi connectivity index (χ0n) is 32.4. The Morgan fingerprint density at radius 2 is 1.83 bits per heavy atom. The van der Waals surface area contributed by atoms with Gasteiger partial charge in [-0.15, -0.1) is 0 Å². The van der Waals surface area contributed by atoms with Crippen molar-refractivity contribution in [2.24, 2.45) is 11.1 Å². The lowest BCUT2D eigenvalue weighted by Crippen LogP contribution is -2.72. The number of carbonyl (C=O) groups excluding carboxylic acids is 4. The zero-order chi connectivity index (χ0) is 41.8. The molecule has 0 saturated carbocycles. The molecular formula is C43H41Cl2N9O5. The largest absolute Gasteiger partial charge is 0.486 e. The number of rotatable bonds is 11. The summed E-state index contributed by atoms with van der Waals surface area (Å²) in [5.41, 5.74) is 8.82. The number of carbonyl (C=O) groups is 4. The van der Waals surface area contributed by atoms with Crippen LogP contribution < -0.4 is 20.7 Å². The molecule has 3 aliphatic heterocycles. The number of hydrogen-bond acceptors (Lipinski definition) is 11. The number of nitrogens with zero attached hydrogens (tertiary/aromatic N) is 6. The van der Waals surface area contributed by atoms with E-state index >= 15 is 0 Å². The van der Waals surface area contributed by atoms with Crippen molar-refractivity contribution >= 4 is 64.1 Å². The number of nitrogens with one attached hydrogen (secondary N) is 2. The molecular weight excluding hydrogens is 793 g/mol. The summed E-state index contributed by atoms with van der Waals surface area (Å²) in [6.45, 7) is 10.9. The fourth-order valence-corrected chi connectivity index (χ4v) is 8.63. The van der Waals surface area contributed by atoms with E-state index in [-0.39, 0.29) is 29.4 Å². The minimum Gasteiger partial charge on any atom is -0.486 e. The van der Waals surface area contributed by atoms with Gasteiger partial charge >= 0.3 is 0 Å². The Morgan fingerprint density at radius 1 is 1.08 bits per heavy atom. The van der Waals surface area contributed by atoms with Crippen LogP contribution in [0.4, 0.5) is 5.82 Å². The van der Waals surface area contributed by atoms with Gasteiger partial charge in [0.2, 0.25) is 12.3 Å². The molecule has 5 aromatic rings. The van der Waals surface area contributed by atoms with Gasteiger partial charge in [-0.2, -0.15) is 5.10 Å². The number of aromatic nitrogens is 4. The van der Waals surface area contributed by atoms with Gasteiger partial charge in [0.25, 0.3) is 11.8 Å². The predicted octanol–water partition coefficient (Wildman–Crippen LogP) is 5.77. The number of pyridine rings is 2. The van der Waals surface area contributed by atoms with E-state index in [2.05, 4.69) is 54.5 Å². The molecule has 4 N–H and O–H groups in total. The second kappa shape index (κ2) is 17.3. The average molecular weight is 835 g/mol. The van der Waals surface area contributed by atoms with Crippen LogP contribution in [-0.4, -0.2) is 92.9 Å². The van der Waals surface area contributed by atoms with Crippen LogP contribution in [0.3, 0.4) is 0 Å². The van der Waals surface area contributed by atoms with Crippen molar-refractivity contribution in [2.75, 3.05) is 37.6 Å². The van der Waals surface area contributed by atoms with E-state index in [9.17, 15) is 19.2 Å². The number of ether oxygens (including phenoxy) is 1. The maximum atomic E-state index is 13.5. The summed E-state index contributed by atoms with van der Waals surface area (Å²) in [7, 11) is 0. The molecule has 59 heavy (non-hydrogen) atoms. The molecule has 14 nitrogen and oxygen atoms in total. The van der Waals surface area contributed by atoms with Crippen LogP contribution in [-0.2, 0) is 9.59 Å². The average Bonchev–Trinajstić information content (AvgIpc) is 3.72. The molecule has 2 fully saturated rings. The highest BCUT2D eigenvalue weighted by Crippen LogP contribution is 2.42. The lowest BCUT2D eigenvalue weighted by molar-refractivity contribution is -0.128. The van der Waals surface area contributed by atoms with E-state index < -0.39 is 29.9 Å². The van der Waals surface area contributed by atoms with Gasteiger partial charge in [0, 0.05) is 72.3 Å². The van der Waals surface area contributed by atoms with E-state index in [0.717, 1.165) is 59.1 Å². The van der Waals surface area contributed by atoms with Crippen LogP contribution >= 0.6 is 23.2 Å². The van der Waals surface area contributed by atoms with Gasteiger partial charge in [-0.1, -0.05) is 61.0 Å². The molecule has 8 rings (SSSR count). The number of H-pyrrole nitrogens is 1. The number of benzene rings is 2. The highest BCUT2D eigenvalue weighted by Gasteiger charge is 2.51. The van der Waals surface area contributed by atoms with Gasteiger partial charge in [0.05, 0.1) is 33.2 Å². The third kappa shape index (κ3) is 8.09. The number of anilines is 1. The molecule has 6 heterocycles. The third-order valence-electron chi connectivity index (χ3n) is 10.5. The molecule has 1 unspecified atom stereocenters. The van der Waals surface area contributed by atoms with Crippen molar-refractivity contribution < 1.29 is 23.9 Å². The minimum absolute atomic E-state index is 0.173. The summed E-state index contributed by atoms with van der Waals surface area (Å²) in [6.07, 6.45) is 6.82. The smallest absolute Gasteiger partial charge is 0.263 e. The van der Waals surface area contributed by atoms with Crippen LogP contribution in [0.5, 0.6) is 5.75 Å². The van der Waals surface area contributed by atoms with Crippen molar-refractivity contribution in [3.05, 3.63) is 112 Å². The Labute approximate surface area is 350 Å². The van der Waals surface area contributed by atoms with Gasteiger partial charge in [0.15, 0.2) is 0 Å². The molecule has 1 spiro atoms. The second-order valence-electron chi connectivity index (χ2n) is 14.6. The number of likely N-dealkylation sites (tertiary alicyclic amines) is 1. The van der Waals surface area contributed by atoms with Crippen LogP contribution in [0, 0.1) is 17.3 Å². The first-order valence-electron chi connectivity index (χ1n) is 18.9. The van der Waals surface area contributed by atoms with Crippen LogP contribution in [0.2, 0.25) is 10.0 Å². The van der Waals surface area contributed by atoms with E-state index in [1.165, 1.54) is 6.20 Å². The first-order valence-corrected chi connectivity index (χ1v) is 19.7. The number of amides is 4. The maximum absolute atomic E-state index is 13.5. The first-order chi connectivity index (χ1) is 28.5. The molecule has 0 radical (unpaired) electrons. The minimum atomic E-state index is -1.08. The molecule has 16 heteroatoms. The summed E-state index contributed by atoms with van der Waals surface area (Å²) < 4.78 is 6.23. The fourth-order valence-electron chi connectivity index (χ4n) is 7.95. The maximum Gasteiger partial charge on any atom is 0.263 e. The molecule has 4 amide bonds. The number of aromatic amines is 1. The van der Waals surface area contributed by atoms with Gasteiger partial charge in [-0.3, -0.25) is 44.4 Å². The molecule has 3 aliphatic rings. The van der Waals surface area contributed by atoms with Crippen molar-refractivity contribution in [1.82, 2.24) is 35.3 Å². The fraction of sp³-hybridized carbons (Fsp3) is 0.279. The van der Waals surface area contributed by atoms with Crippen LogP contribution in [0.25, 0.3) is 22.2 Å². The van der Waals surface area contributed by atoms with Gasteiger partial charge in [0.1, 0.15) is 29.4 Å². The van der Waals surface area contributed by atoms with E-state index in [1.54, 1.807) is 30.6 Å². The molecule has 2 saturated heterocycles. The Kier molecular flexibility index (Phi) is 12.0. The summed E-state index contributed by atoms with van der Waals surface area (Å²) in [5.74, 6) is 6.00. The number of imide groups is 2. The van der Waals surface area contributed by atoms with Gasteiger partial charge in [-0.25, -0.2) is 4.98 Å². The topological polar surface area (TPSA) is 180 Å². The summed E-state index contributed by atoms with van der Waals surface area (Å²) in [6, 6.07) is 13.7. The lowest BCUT2D eigenvalue weighted by atomic mass is 9.73. The summed E-state index contributed by atoms with van der Waals surface area (Å²) in [5, 5.41) is 11.5. The summed E-state index contributed by atoms with van der Waals surface area (Å²) in [4.78, 5) is 64.4. The van der Waals surface area contributed by atoms with Crippen molar-refractivity contribution in [3.8, 4) is 28.8 Å². The Morgan fingerprint density at radius 3 is 2.51 bits per heavy atom. The molecule has 2 aromatic carbocycles. The second-order valence-corrected chi connectivity index (χ2v) is 15.5. The Bertz CT molecular complexity index is 2480. The monoisotopic (exact) mass is 833 g/mol. The number of halogens is 2. The summed E-state index contributed by atoms with van der Waals surface area (Å²) >= 11 is 12.7. The van der Waals surface area contributed by atoms with E-state index in [0.29, 0.717) is 39.9 Å². The number of hydrogen-bond donors (Lipinski definition) is 3. The molecule has 0 bridgehead atoms. The number of nitrogens with two attached hydrogens (primary N) is 1. The lowest BCUT2D eigenvalue weighted by Gasteiger charge is -2.60. The van der Waals surface area contributed by atoms with E-state index in [4.69, 9.17) is 32.9 Å². The van der Waals surface area contributed by atoms with Crippen molar-refractivity contribution in [3.63, 3.8) is 0 Å². The highest BCUT2D eigenvalue weighted by atomic mass is 35.5. The quantitative estimate of drug-likeness (QED) is 0.0836. The predicted molar refractivity (Wildman–Crippen MR) is 225 cm³/mol. The highest BCUT2D eigenvalue weighted by molar-refractivity contribution is 6.35.